The number of amides is 1. The van der Waals surface area contributed by atoms with Crippen LogP contribution in [0.4, 0.5) is 5.82 Å². The highest BCUT2D eigenvalue weighted by atomic mass is 16.5. The molecule has 2 heterocycles. The maximum Gasteiger partial charge on any atom is 0.233 e. The second-order valence-corrected chi connectivity index (χ2v) is 5.44. The Balaban J connectivity index is 1.68. The monoisotopic (exact) mass is 307 g/mol. The van der Waals surface area contributed by atoms with E-state index < -0.39 is 0 Å². The molecule has 0 aliphatic carbocycles. The Labute approximate surface area is 131 Å². The van der Waals surface area contributed by atoms with E-state index in [1.54, 1.807) is 13.3 Å². The molecule has 0 spiro atoms. The molecule has 1 fully saturated rings. The van der Waals surface area contributed by atoms with Crippen molar-refractivity contribution in [1.29, 1.82) is 0 Å². The minimum Gasteiger partial charge on any atom is -0.385 e. The molecule has 1 aromatic heterocycles. The van der Waals surface area contributed by atoms with E-state index in [-0.39, 0.29) is 5.91 Å². The van der Waals surface area contributed by atoms with Gasteiger partial charge in [-0.3, -0.25) is 4.79 Å². The van der Waals surface area contributed by atoms with Crippen LogP contribution in [0.25, 0.3) is 0 Å². The summed E-state index contributed by atoms with van der Waals surface area (Å²) in [6.45, 7) is 3.52. The van der Waals surface area contributed by atoms with E-state index in [1.807, 2.05) is 12.1 Å². The molecule has 1 aliphatic rings. The fourth-order valence-corrected chi connectivity index (χ4v) is 2.56. The number of nitrogens with zero attached hydrogens (tertiary/aromatic N) is 3. The molecule has 0 bridgehead atoms. The highest BCUT2D eigenvalue weighted by molar-refractivity contribution is 5.77. The number of methoxy groups -OCH3 is 1. The molecule has 0 saturated carbocycles. The van der Waals surface area contributed by atoms with Gasteiger partial charge in [-0.1, -0.05) is 0 Å². The molecule has 0 unspecified atom stereocenters. The quantitative estimate of drug-likeness (QED) is 0.667. The normalized spacial score (nSPS) is 18.2. The summed E-state index contributed by atoms with van der Waals surface area (Å²) in [6.07, 6.45) is 4.68. The zero-order chi connectivity index (χ0) is 15.6. The molecule has 0 aromatic carbocycles. The maximum atomic E-state index is 11.7. The molecule has 122 valence electrons. The first-order valence-corrected chi connectivity index (χ1v) is 7.81. The second-order valence-electron chi connectivity index (χ2n) is 5.44. The van der Waals surface area contributed by atoms with Gasteiger partial charge in [0.25, 0.3) is 0 Å². The summed E-state index contributed by atoms with van der Waals surface area (Å²) in [5.74, 6) is 0.936. The molecule has 7 heteroatoms. The summed E-state index contributed by atoms with van der Waals surface area (Å²) in [5.41, 5.74) is 0. The number of anilines is 1. The summed E-state index contributed by atoms with van der Waals surface area (Å²) in [6, 6.07) is 4.17. The topological polar surface area (TPSA) is 79.4 Å². The summed E-state index contributed by atoms with van der Waals surface area (Å²) in [7, 11) is 1.66. The standard InChI is InChI=1S/C15H25N5O2/c1-22-10-4-7-16-15(21)11-17-13-5-3-9-20(12-13)14-6-2-8-18-19-14/h2,6,8,13,17H,3-5,7,9-12H2,1H3,(H,16,21)/t13-/m0/s1. The fraction of sp³-hybridized carbons (Fsp3) is 0.667. The van der Waals surface area contributed by atoms with Crippen molar-refractivity contribution in [3.05, 3.63) is 18.3 Å². The van der Waals surface area contributed by atoms with Crippen molar-refractivity contribution in [2.75, 3.05) is 44.8 Å². The molecule has 22 heavy (non-hydrogen) atoms. The molecule has 1 saturated heterocycles. The third kappa shape index (κ3) is 5.57. The Bertz CT molecular complexity index is 443. The first-order chi connectivity index (χ1) is 10.8. The summed E-state index contributed by atoms with van der Waals surface area (Å²) >= 11 is 0. The zero-order valence-corrected chi connectivity index (χ0v) is 13.1. The minimum absolute atomic E-state index is 0.0349. The lowest BCUT2D eigenvalue weighted by Crippen LogP contribution is -2.48. The first kappa shape index (κ1) is 16.6. The van der Waals surface area contributed by atoms with Crippen LogP contribution in [0.5, 0.6) is 0 Å². The SMILES string of the molecule is COCCCNC(=O)CN[C@H]1CCCN(c2cccnn2)C1. The lowest BCUT2D eigenvalue weighted by atomic mass is 10.1. The van der Waals surface area contributed by atoms with Crippen LogP contribution in [-0.2, 0) is 9.53 Å². The average molecular weight is 307 g/mol. The number of aromatic nitrogens is 2. The molecule has 2 rings (SSSR count). The lowest BCUT2D eigenvalue weighted by molar-refractivity contribution is -0.120. The van der Waals surface area contributed by atoms with Crippen LogP contribution in [0.3, 0.4) is 0 Å². The number of piperidine rings is 1. The van der Waals surface area contributed by atoms with Crippen molar-refractivity contribution in [3.8, 4) is 0 Å². The van der Waals surface area contributed by atoms with Gasteiger partial charge in [-0.25, -0.2) is 0 Å². The maximum absolute atomic E-state index is 11.7. The van der Waals surface area contributed by atoms with Gasteiger partial charge in [-0.15, -0.1) is 5.10 Å². The number of carbonyl (C=O) groups is 1. The Morgan fingerprint density at radius 3 is 3.23 bits per heavy atom. The average Bonchev–Trinajstić information content (AvgIpc) is 2.58. The van der Waals surface area contributed by atoms with Gasteiger partial charge in [-0.05, 0) is 31.4 Å². The highest BCUT2D eigenvalue weighted by Crippen LogP contribution is 2.16. The Hall–Kier alpha value is -1.73. The van der Waals surface area contributed by atoms with Crippen molar-refractivity contribution >= 4 is 11.7 Å². The number of rotatable bonds is 8. The molecule has 7 nitrogen and oxygen atoms in total. The Kier molecular flexibility index (Phi) is 7.05. The molecule has 1 amide bonds. The van der Waals surface area contributed by atoms with E-state index in [4.69, 9.17) is 4.74 Å². The Morgan fingerprint density at radius 2 is 2.45 bits per heavy atom. The molecule has 2 N–H and O–H groups in total. The van der Waals surface area contributed by atoms with E-state index in [0.29, 0.717) is 25.7 Å². The van der Waals surface area contributed by atoms with E-state index in [9.17, 15) is 4.79 Å². The smallest absolute Gasteiger partial charge is 0.233 e. The summed E-state index contributed by atoms with van der Waals surface area (Å²) in [5, 5.41) is 14.3. The molecular formula is C15H25N5O2. The van der Waals surface area contributed by atoms with E-state index in [1.165, 1.54) is 0 Å². The number of carbonyl (C=O) groups excluding carboxylic acids is 1. The van der Waals surface area contributed by atoms with Crippen molar-refractivity contribution in [1.82, 2.24) is 20.8 Å². The van der Waals surface area contributed by atoms with Gasteiger partial charge < -0.3 is 20.3 Å². The Morgan fingerprint density at radius 1 is 1.55 bits per heavy atom. The van der Waals surface area contributed by atoms with Crippen LogP contribution < -0.4 is 15.5 Å². The second kappa shape index (κ2) is 9.32. The molecule has 1 aliphatic heterocycles. The van der Waals surface area contributed by atoms with Crippen LogP contribution in [-0.4, -0.2) is 62.0 Å². The minimum atomic E-state index is 0.0349. The summed E-state index contributed by atoms with van der Waals surface area (Å²) in [4.78, 5) is 14.0. The van der Waals surface area contributed by atoms with Crippen molar-refractivity contribution in [2.24, 2.45) is 0 Å². The van der Waals surface area contributed by atoms with Gasteiger partial charge in [0.05, 0.1) is 6.54 Å². The van der Waals surface area contributed by atoms with Crippen LogP contribution in [0.1, 0.15) is 19.3 Å². The van der Waals surface area contributed by atoms with Crippen LogP contribution in [0.2, 0.25) is 0 Å². The van der Waals surface area contributed by atoms with Gasteiger partial charge in [0.15, 0.2) is 5.82 Å². The predicted molar refractivity (Wildman–Crippen MR) is 84.8 cm³/mol. The van der Waals surface area contributed by atoms with Gasteiger partial charge in [0, 0.05) is 45.6 Å². The fourth-order valence-electron chi connectivity index (χ4n) is 2.56. The third-order valence-corrected chi connectivity index (χ3v) is 3.70. The van der Waals surface area contributed by atoms with E-state index >= 15 is 0 Å². The zero-order valence-electron chi connectivity index (χ0n) is 13.1. The molecule has 1 atom stereocenters. The summed E-state index contributed by atoms with van der Waals surface area (Å²) < 4.78 is 4.95. The van der Waals surface area contributed by atoms with Gasteiger partial charge in [-0.2, -0.15) is 5.10 Å². The highest BCUT2D eigenvalue weighted by Gasteiger charge is 2.21. The van der Waals surface area contributed by atoms with E-state index in [2.05, 4.69) is 25.7 Å². The van der Waals surface area contributed by atoms with Gasteiger partial charge in [0.2, 0.25) is 5.91 Å². The molecular weight excluding hydrogens is 282 g/mol. The largest absolute Gasteiger partial charge is 0.385 e. The molecule has 0 radical (unpaired) electrons. The van der Waals surface area contributed by atoms with Crippen molar-refractivity contribution < 1.29 is 9.53 Å². The van der Waals surface area contributed by atoms with Crippen LogP contribution in [0, 0.1) is 0 Å². The predicted octanol–water partition coefficient (Wildman–Crippen LogP) is 0.188. The number of hydrogen-bond donors (Lipinski definition) is 2. The molecule has 1 aromatic rings. The third-order valence-electron chi connectivity index (χ3n) is 3.70. The van der Waals surface area contributed by atoms with Crippen LogP contribution in [0.15, 0.2) is 18.3 Å². The van der Waals surface area contributed by atoms with Crippen LogP contribution >= 0.6 is 0 Å². The number of ether oxygens (including phenoxy) is 1. The number of hydrogen-bond acceptors (Lipinski definition) is 6. The number of nitrogens with one attached hydrogen (secondary N) is 2. The van der Waals surface area contributed by atoms with Crippen molar-refractivity contribution in [2.45, 2.75) is 25.3 Å². The van der Waals surface area contributed by atoms with E-state index in [0.717, 1.165) is 38.2 Å². The first-order valence-electron chi connectivity index (χ1n) is 7.81. The van der Waals surface area contributed by atoms with Gasteiger partial charge in [0.1, 0.15) is 0 Å². The van der Waals surface area contributed by atoms with Crippen molar-refractivity contribution in [3.63, 3.8) is 0 Å². The van der Waals surface area contributed by atoms with Gasteiger partial charge >= 0.3 is 0 Å². The lowest BCUT2D eigenvalue weighted by Gasteiger charge is -2.33.